The van der Waals surface area contributed by atoms with Gasteiger partial charge < -0.3 is 9.30 Å². The summed E-state index contributed by atoms with van der Waals surface area (Å²) in [5.74, 6) is -1.01. The van der Waals surface area contributed by atoms with E-state index in [-0.39, 0.29) is 17.3 Å². The van der Waals surface area contributed by atoms with Crippen molar-refractivity contribution in [3.8, 4) is 0 Å². The van der Waals surface area contributed by atoms with E-state index in [9.17, 15) is 14.4 Å². The zero-order chi connectivity index (χ0) is 18.0. The first-order chi connectivity index (χ1) is 11.2. The number of esters is 1. The SMILES string of the molecule is CC(=O)c1cc(C(=O)O[C@@H](C)C(=O)c2cc(C)ccc2C)n(C)c1. The fraction of sp³-hybridized carbons (Fsp3) is 0.316. The lowest BCUT2D eigenvalue weighted by Crippen LogP contribution is -2.26. The molecule has 5 nitrogen and oxygen atoms in total. The predicted octanol–water partition coefficient (Wildman–Crippen LogP) is 3.27. The molecule has 0 amide bonds. The van der Waals surface area contributed by atoms with Gasteiger partial charge in [-0.25, -0.2) is 4.79 Å². The summed E-state index contributed by atoms with van der Waals surface area (Å²) in [5, 5.41) is 0. The maximum Gasteiger partial charge on any atom is 0.355 e. The fourth-order valence-corrected chi connectivity index (χ4v) is 2.45. The van der Waals surface area contributed by atoms with Gasteiger partial charge in [-0.1, -0.05) is 17.7 Å². The molecule has 1 atom stereocenters. The van der Waals surface area contributed by atoms with Crippen LogP contribution in [0.2, 0.25) is 0 Å². The lowest BCUT2D eigenvalue weighted by molar-refractivity contribution is 0.0309. The summed E-state index contributed by atoms with van der Waals surface area (Å²) in [6, 6.07) is 7.06. The van der Waals surface area contributed by atoms with E-state index in [1.165, 1.54) is 17.6 Å². The van der Waals surface area contributed by atoms with Crippen LogP contribution < -0.4 is 0 Å². The second-order valence-corrected chi connectivity index (χ2v) is 6.01. The Morgan fingerprint density at radius 1 is 1.12 bits per heavy atom. The van der Waals surface area contributed by atoms with Crippen LogP contribution in [0.4, 0.5) is 0 Å². The Hall–Kier alpha value is -2.69. The molecule has 0 unspecified atom stereocenters. The van der Waals surface area contributed by atoms with E-state index in [0.29, 0.717) is 11.1 Å². The first kappa shape index (κ1) is 17.7. The van der Waals surface area contributed by atoms with Gasteiger partial charge in [0.25, 0.3) is 0 Å². The van der Waals surface area contributed by atoms with E-state index in [0.717, 1.165) is 11.1 Å². The van der Waals surface area contributed by atoms with Crippen molar-refractivity contribution in [2.75, 3.05) is 0 Å². The number of aryl methyl sites for hydroxylation is 3. The number of nitrogens with zero attached hydrogens (tertiary/aromatic N) is 1. The van der Waals surface area contributed by atoms with Crippen LogP contribution in [0.15, 0.2) is 30.5 Å². The van der Waals surface area contributed by atoms with Crippen molar-refractivity contribution >= 4 is 17.5 Å². The minimum Gasteiger partial charge on any atom is -0.450 e. The number of benzene rings is 1. The molecule has 0 N–H and O–H groups in total. The highest BCUT2D eigenvalue weighted by Gasteiger charge is 2.23. The fourth-order valence-electron chi connectivity index (χ4n) is 2.45. The normalized spacial score (nSPS) is 11.9. The van der Waals surface area contributed by atoms with Crippen LogP contribution in [0.3, 0.4) is 0 Å². The Labute approximate surface area is 141 Å². The van der Waals surface area contributed by atoms with Crippen molar-refractivity contribution in [2.24, 2.45) is 7.05 Å². The molecule has 1 aromatic carbocycles. The van der Waals surface area contributed by atoms with Gasteiger partial charge in [0.05, 0.1) is 0 Å². The average molecular weight is 327 g/mol. The number of hydrogen-bond donors (Lipinski definition) is 0. The van der Waals surface area contributed by atoms with E-state index >= 15 is 0 Å². The van der Waals surface area contributed by atoms with E-state index in [1.807, 2.05) is 26.0 Å². The largest absolute Gasteiger partial charge is 0.450 e. The van der Waals surface area contributed by atoms with Crippen LogP contribution in [-0.4, -0.2) is 28.2 Å². The summed E-state index contributed by atoms with van der Waals surface area (Å²) in [7, 11) is 1.65. The number of rotatable bonds is 5. The molecular weight excluding hydrogens is 306 g/mol. The van der Waals surface area contributed by atoms with Gasteiger partial charge in [0.2, 0.25) is 5.78 Å². The molecule has 0 saturated carbocycles. The highest BCUT2D eigenvalue weighted by Crippen LogP contribution is 2.16. The molecule has 0 bridgehead atoms. The zero-order valence-electron chi connectivity index (χ0n) is 14.5. The number of ether oxygens (including phenoxy) is 1. The maximum atomic E-state index is 12.5. The second kappa shape index (κ2) is 6.83. The predicted molar refractivity (Wildman–Crippen MR) is 90.5 cm³/mol. The molecule has 1 heterocycles. The van der Waals surface area contributed by atoms with Gasteiger partial charge >= 0.3 is 5.97 Å². The van der Waals surface area contributed by atoms with Crippen LogP contribution in [0.25, 0.3) is 0 Å². The Balaban J connectivity index is 2.18. The van der Waals surface area contributed by atoms with Crippen LogP contribution in [-0.2, 0) is 11.8 Å². The highest BCUT2D eigenvalue weighted by atomic mass is 16.5. The van der Waals surface area contributed by atoms with Gasteiger partial charge in [-0.2, -0.15) is 0 Å². The quantitative estimate of drug-likeness (QED) is 0.624. The lowest BCUT2D eigenvalue weighted by atomic mass is 9.99. The van der Waals surface area contributed by atoms with Gasteiger partial charge in [-0.3, -0.25) is 9.59 Å². The van der Waals surface area contributed by atoms with Crippen molar-refractivity contribution in [1.29, 1.82) is 0 Å². The number of aromatic nitrogens is 1. The first-order valence-corrected chi connectivity index (χ1v) is 7.70. The molecule has 2 rings (SSSR count). The number of ketones is 2. The molecule has 5 heteroatoms. The Morgan fingerprint density at radius 2 is 1.79 bits per heavy atom. The smallest absolute Gasteiger partial charge is 0.355 e. The van der Waals surface area contributed by atoms with Crippen molar-refractivity contribution in [1.82, 2.24) is 4.57 Å². The molecule has 0 fully saturated rings. The third-order valence-corrected chi connectivity index (χ3v) is 3.93. The zero-order valence-corrected chi connectivity index (χ0v) is 14.5. The van der Waals surface area contributed by atoms with Crippen molar-refractivity contribution in [2.45, 2.75) is 33.8 Å². The average Bonchev–Trinajstić information content (AvgIpc) is 2.91. The molecule has 2 aromatic rings. The van der Waals surface area contributed by atoms with Crippen LogP contribution in [0, 0.1) is 13.8 Å². The van der Waals surface area contributed by atoms with Crippen LogP contribution in [0.5, 0.6) is 0 Å². The Morgan fingerprint density at radius 3 is 2.38 bits per heavy atom. The van der Waals surface area contributed by atoms with E-state index < -0.39 is 12.1 Å². The summed E-state index contributed by atoms with van der Waals surface area (Å²) in [4.78, 5) is 36.2. The van der Waals surface area contributed by atoms with Gasteiger partial charge in [0.1, 0.15) is 5.69 Å². The Bertz CT molecular complexity index is 817. The molecule has 1 aromatic heterocycles. The molecule has 0 radical (unpaired) electrons. The number of Topliss-reactive ketones (excluding diaryl/α,β-unsaturated/α-hetero) is 2. The molecule has 24 heavy (non-hydrogen) atoms. The molecule has 0 saturated heterocycles. The van der Waals surface area contributed by atoms with Crippen molar-refractivity contribution in [3.63, 3.8) is 0 Å². The van der Waals surface area contributed by atoms with E-state index in [1.54, 1.807) is 26.2 Å². The summed E-state index contributed by atoms with van der Waals surface area (Å²) in [6.45, 7) is 6.73. The minimum atomic E-state index is -0.909. The number of carbonyl (C=O) groups is 3. The monoisotopic (exact) mass is 327 g/mol. The molecule has 126 valence electrons. The maximum absolute atomic E-state index is 12.5. The van der Waals surface area contributed by atoms with Gasteiger partial charge in [0.15, 0.2) is 11.9 Å². The molecular formula is C19H21NO4. The summed E-state index contributed by atoms with van der Waals surface area (Å²) < 4.78 is 6.82. The molecule has 0 aliphatic rings. The third kappa shape index (κ3) is 3.62. The highest BCUT2D eigenvalue weighted by molar-refractivity contribution is 6.03. The summed E-state index contributed by atoms with van der Waals surface area (Å²) in [6.07, 6.45) is 0.657. The summed E-state index contributed by atoms with van der Waals surface area (Å²) in [5.41, 5.74) is 3.02. The molecule has 0 spiro atoms. The molecule has 0 aliphatic carbocycles. The second-order valence-electron chi connectivity index (χ2n) is 6.01. The topological polar surface area (TPSA) is 65.4 Å². The minimum absolute atomic E-state index is 0.135. The number of carbonyl (C=O) groups excluding carboxylic acids is 3. The van der Waals surface area contributed by atoms with Crippen LogP contribution in [0.1, 0.15) is 56.2 Å². The standard InChI is InChI=1S/C19H21NO4/c1-11-6-7-12(2)16(8-11)18(22)14(4)24-19(23)17-9-15(13(3)21)10-20(17)5/h6-10,14H,1-5H3/t14-/m0/s1. The lowest BCUT2D eigenvalue weighted by Gasteiger charge is -2.14. The number of hydrogen-bond acceptors (Lipinski definition) is 4. The van der Waals surface area contributed by atoms with Crippen molar-refractivity contribution in [3.05, 3.63) is 58.4 Å². The third-order valence-electron chi connectivity index (χ3n) is 3.93. The van der Waals surface area contributed by atoms with E-state index in [2.05, 4.69) is 0 Å². The first-order valence-electron chi connectivity index (χ1n) is 7.70. The Kier molecular flexibility index (Phi) is 5.02. The van der Waals surface area contributed by atoms with Gasteiger partial charge in [-0.05, 0) is 45.4 Å². The summed E-state index contributed by atoms with van der Waals surface area (Å²) >= 11 is 0. The van der Waals surface area contributed by atoms with Crippen LogP contribution >= 0.6 is 0 Å². The molecule has 0 aliphatic heterocycles. The van der Waals surface area contributed by atoms with Gasteiger partial charge in [-0.15, -0.1) is 0 Å². The van der Waals surface area contributed by atoms with Crippen molar-refractivity contribution < 1.29 is 19.1 Å². The van der Waals surface area contributed by atoms with E-state index in [4.69, 9.17) is 4.74 Å². The van der Waals surface area contributed by atoms with Gasteiger partial charge in [0, 0.05) is 24.4 Å².